The minimum atomic E-state index is -5.02. The van der Waals surface area contributed by atoms with Crippen molar-refractivity contribution in [3.8, 4) is 0 Å². The monoisotopic (exact) mass is 518 g/mol. The molecule has 3 atom stereocenters. The van der Waals surface area contributed by atoms with E-state index in [2.05, 4.69) is 16.6 Å². The molecule has 0 spiro atoms. The first-order valence-electron chi connectivity index (χ1n) is 8.74. The van der Waals surface area contributed by atoms with Crippen LogP contribution in [0.4, 0.5) is 7.77 Å². The zero-order valence-corrected chi connectivity index (χ0v) is 19.8. The van der Waals surface area contributed by atoms with Crippen LogP contribution < -0.4 is 15.9 Å². The van der Waals surface area contributed by atoms with E-state index in [4.69, 9.17) is 11.2 Å². The number of hydrogen-bond donors (Lipinski definition) is 0. The summed E-state index contributed by atoms with van der Waals surface area (Å²) in [5.74, 6) is 0. The van der Waals surface area contributed by atoms with E-state index in [1.807, 2.05) is 54.6 Å². The molecule has 0 saturated heterocycles. The molecule has 0 aromatic heterocycles. The van der Waals surface area contributed by atoms with Gasteiger partial charge in [0.15, 0.2) is 0 Å². The van der Waals surface area contributed by atoms with E-state index in [-0.39, 0.29) is 0 Å². The molecule has 0 saturated carbocycles. The molecule has 0 fully saturated rings. The van der Waals surface area contributed by atoms with Crippen molar-refractivity contribution in [1.29, 1.82) is 0 Å². The third-order valence-electron chi connectivity index (χ3n) is 4.23. The van der Waals surface area contributed by atoms with Gasteiger partial charge in [-0.25, -0.2) is 4.52 Å². The molecule has 0 bridgehead atoms. The Morgan fingerprint density at radius 3 is 1.48 bits per heavy atom. The maximum absolute atomic E-state index is 14.3. The molecule has 31 heavy (non-hydrogen) atoms. The van der Waals surface area contributed by atoms with Crippen LogP contribution in [0.2, 0.25) is 0 Å². The minimum Gasteiger partial charge on any atom is -0.215 e. The Bertz CT molecular complexity index is 1370. The average Bonchev–Trinajstić information content (AvgIpc) is 2.71. The zero-order chi connectivity index (χ0) is 22.2. The van der Waals surface area contributed by atoms with Gasteiger partial charge in [0.05, 0.1) is 7.05 Å². The zero-order valence-electron chi connectivity index (χ0n) is 15.6. The third kappa shape index (κ3) is 4.69. The van der Waals surface area contributed by atoms with Gasteiger partial charge in [0.2, 0.25) is 0 Å². The first kappa shape index (κ1) is 22.4. The van der Waals surface area contributed by atoms with Gasteiger partial charge in [-0.15, -0.1) is 16.1 Å². The maximum Gasteiger partial charge on any atom is 0.331 e. The van der Waals surface area contributed by atoms with Gasteiger partial charge in [0, 0.05) is 15.9 Å². The van der Waals surface area contributed by atoms with Gasteiger partial charge >= 0.3 is 27.3 Å². The van der Waals surface area contributed by atoms with Gasteiger partial charge in [-0.2, -0.15) is 8.42 Å². The molecule has 0 radical (unpaired) electrons. The topological polar surface area (TPSA) is 83.6 Å². The van der Waals surface area contributed by atoms with E-state index in [1.165, 1.54) is 0 Å². The average molecular weight is 519 g/mol. The molecule has 1 aliphatic heterocycles. The van der Waals surface area contributed by atoms with Crippen LogP contribution in [0.3, 0.4) is 0 Å². The van der Waals surface area contributed by atoms with Crippen LogP contribution in [0, 0.1) is 0 Å². The lowest BCUT2D eigenvalue weighted by Crippen LogP contribution is -2.25. The number of halogens is 3. The van der Waals surface area contributed by atoms with Crippen LogP contribution in [0.25, 0.3) is 0 Å². The van der Waals surface area contributed by atoms with E-state index >= 15 is 0 Å². The van der Waals surface area contributed by atoms with Crippen LogP contribution in [0.1, 0.15) is 0 Å². The summed E-state index contributed by atoms with van der Waals surface area (Å²) >= 11 is 6.42. The van der Waals surface area contributed by atoms with Crippen LogP contribution in [0.5, 0.6) is 0 Å². The lowest BCUT2D eigenvalue weighted by molar-refractivity contribution is 0.631. The van der Waals surface area contributed by atoms with Crippen molar-refractivity contribution in [2.75, 3.05) is 0 Å². The first-order valence-corrected chi connectivity index (χ1v) is 15.8. The fraction of sp³-hybridized carbons (Fsp3) is 0. The summed E-state index contributed by atoms with van der Waals surface area (Å²) in [4.78, 5) is 0. The fourth-order valence-corrected chi connectivity index (χ4v) is 15.7. The first-order chi connectivity index (χ1) is 14.6. The molecule has 3 unspecified atom stereocenters. The van der Waals surface area contributed by atoms with Gasteiger partial charge in [-0.05, 0) is 11.2 Å². The molecule has 0 aliphatic carbocycles. The van der Waals surface area contributed by atoms with Crippen molar-refractivity contribution in [1.82, 2.24) is 0 Å². The van der Waals surface area contributed by atoms with Gasteiger partial charge in [-0.1, -0.05) is 94.8 Å². The molecule has 0 N–H and O–H groups in total. The number of rotatable bonds is 4. The summed E-state index contributed by atoms with van der Waals surface area (Å²) in [5, 5.41) is 2.11. The maximum atomic E-state index is 14.3. The highest BCUT2D eigenvalue weighted by Crippen LogP contribution is 2.69. The molecule has 6 nitrogen and oxygen atoms in total. The standard InChI is InChI=1S/C18H15ClF2N4O2P2S2/c19-29(23-30(20,26)25-31(21,27)24-29)22-28(16-10-4-1-5-11-16,17-12-6-2-7-13-17)18-14-8-3-9-15-18/h1-15H. The molecular formula is C18H15ClF2N4O2P2S2. The second-order valence-electron chi connectivity index (χ2n) is 6.33. The molecule has 1 heterocycles. The molecule has 3 aromatic carbocycles. The lowest BCUT2D eigenvalue weighted by atomic mass is 10.4. The lowest BCUT2D eigenvalue weighted by Gasteiger charge is -2.28. The summed E-state index contributed by atoms with van der Waals surface area (Å²) in [6.45, 7) is -4.22. The fourth-order valence-electron chi connectivity index (χ4n) is 3.15. The largest absolute Gasteiger partial charge is 0.331 e. The van der Waals surface area contributed by atoms with E-state index in [0.717, 1.165) is 0 Å². The Labute approximate surface area is 184 Å². The van der Waals surface area contributed by atoms with Crippen molar-refractivity contribution >= 4 is 61.5 Å². The Morgan fingerprint density at radius 1 is 0.742 bits per heavy atom. The molecule has 3 aromatic rings. The van der Waals surface area contributed by atoms with Crippen molar-refractivity contribution in [3.63, 3.8) is 0 Å². The molecule has 4 rings (SSSR count). The quantitative estimate of drug-likeness (QED) is 0.318. The summed E-state index contributed by atoms with van der Waals surface area (Å²) in [5.41, 5.74) is 0. The highest BCUT2D eigenvalue weighted by atomic mass is 35.7. The second kappa shape index (κ2) is 8.26. The summed E-state index contributed by atoms with van der Waals surface area (Å²) in [6.07, 6.45) is 0. The summed E-state index contributed by atoms with van der Waals surface area (Å²) < 4.78 is 66.2. The van der Waals surface area contributed by atoms with Crippen molar-refractivity contribution < 1.29 is 16.2 Å². The molecule has 0 amide bonds. The van der Waals surface area contributed by atoms with Gasteiger partial charge in [0.25, 0.3) is 0 Å². The SMILES string of the molecule is O=S1(F)=NP(Cl)(N=P(c2ccccc2)(c2ccccc2)c2ccccc2)=NS(=O)(F)=N1. The Morgan fingerprint density at radius 2 is 1.13 bits per heavy atom. The van der Waals surface area contributed by atoms with E-state index in [9.17, 15) is 16.2 Å². The van der Waals surface area contributed by atoms with Gasteiger partial charge in [-0.3, -0.25) is 0 Å². The Kier molecular flexibility index (Phi) is 5.96. The van der Waals surface area contributed by atoms with Gasteiger partial charge < -0.3 is 0 Å². The van der Waals surface area contributed by atoms with Crippen molar-refractivity contribution in [2.24, 2.45) is 16.6 Å². The molecule has 162 valence electrons. The third-order valence-corrected chi connectivity index (χ3v) is 15.8. The van der Waals surface area contributed by atoms with E-state index in [1.54, 1.807) is 36.4 Å². The van der Waals surface area contributed by atoms with Crippen LogP contribution in [0.15, 0.2) is 108 Å². The van der Waals surface area contributed by atoms with Crippen LogP contribution in [-0.4, -0.2) is 8.42 Å². The van der Waals surface area contributed by atoms with Crippen LogP contribution in [-0.2, 0) is 20.6 Å². The number of nitrogens with zero attached hydrogens (tertiary/aromatic N) is 4. The van der Waals surface area contributed by atoms with Crippen molar-refractivity contribution in [3.05, 3.63) is 91.0 Å². The van der Waals surface area contributed by atoms with Crippen molar-refractivity contribution in [2.45, 2.75) is 0 Å². The predicted molar refractivity (Wildman–Crippen MR) is 126 cm³/mol. The molecular weight excluding hydrogens is 504 g/mol. The predicted octanol–water partition coefficient (Wildman–Crippen LogP) is 5.90. The summed E-state index contributed by atoms with van der Waals surface area (Å²) in [7, 11) is -13.1. The smallest absolute Gasteiger partial charge is 0.215 e. The number of benzene rings is 3. The summed E-state index contributed by atoms with van der Waals surface area (Å²) in [6, 6.07) is 27.1. The molecule has 1 aliphatic rings. The van der Waals surface area contributed by atoms with Crippen LogP contribution >= 0.6 is 25.0 Å². The normalized spacial score (nSPS) is 28.0. The van der Waals surface area contributed by atoms with E-state index < -0.39 is 34.4 Å². The van der Waals surface area contributed by atoms with Gasteiger partial charge in [0.1, 0.15) is 0 Å². The van der Waals surface area contributed by atoms with E-state index in [0.29, 0.717) is 15.9 Å². The highest BCUT2D eigenvalue weighted by molar-refractivity contribution is 8.10. The number of hydrogen-bond acceptors (Lipinski definition) is 4. The Hall–Kier alpha value is -1.83. The molecule has 13 heteroatoms. The Balaban J connectivity index is 2.24. The minimum absolute atomic E-state index is 0.705. The highest BCUT2D eigenvalue weighted by Gasteiger charge is 2.35. The second-order valence-corrected chi connectivity index (χ2v) is 15.8.